The Hall–Kier alpha value is -2.69. The van der Waals surface area contributed by atoms with Gasteiger partial charge in [-0.2, -0.15) is 5.10 Å². The minimum Gasteiger partial charge on any atom is -0.366 e. The fraction of sp³-hybridized carbons (Fsp3) is 0.0714. The molecule has 5 nitrogen and oxygen atoms in total. The largest absolute Gasteiger partial charge is 0.366 e. The first kappa shape index (κ1) is 11.4. The summed E-state index contributed by atoms with van der Waals surface area (Å²) in [5.74, 6) is 0.296. The number of amides is 1. The van der Waals surface area contributed by atoms with Crippen LogP contribution >= 0.6 is 0 Å². The number of nitrogens with two attached hydrogens (primary N) is 1. The molecule has 5 heteroatoms. The molecule has 2 aromatic heterocycles. The summed E-state index contributed by atoms with van der Waals surface area (Å²) in [6, 6.07) is 11.0. The molecule has 1 aromatic carbocycles. The number of aromatic nitrogens is 3. The summed E-state index contributed by atoms with van der Waals surface area (Å²) in [5.41, 5.74) is 8.47. The average Bonchev–Trinajstić information content (AvgIpc) is 2.78. The van der Waals surface area contributed by atoms with E-state index in [9.17, 15) is 4.79 Å². The molecular formula is C14H12N4O. The van der Waals surface area contributed by atoms with Crippen LogP contribution in [-0.2, 0) is 0 Å². The number of aryl methyl sites for hydroxylation is 1. The van der Waals surface area contributed by atoms with Crippen LogP contribution < -0.4 is 5.73 Å². The molecule has 94 valence electrons. The molecule has 0 bridgehead atoms. The highest BCUT2D eigenvalue weighted by atomic mass is 16.1. The monoisotopic (exact) mass is 252 g/mol. The second-order valence-electron chi connectivity index (χ2n) is 4.29. The molecule has 0 aliphatic rings. The van der Waals surface area contributed by atoms with Crippen molar-refractivity contribution in [2.45, 2.75) is 6.92 Å². The summed E-state index contributed by atoms with van der Waals surface area (Å²) in [6.07, 6.45) is 1.86. The summed E-state index contributed by atoms with van der Waals surface area (Å²) >= 11 is 0. The molecule has 2 heterocycles. The van der Waals surface area contributed by atoms with Crippen LogP contribution in [0, 0.1) is 6.92 Å². The van der Waals surface area contributed by atoms with Crippen molar-refractivity contribution in [1.82, 2.24) is 14.6 Å². The zero-order valence-corrected chi connectivity index (χ0v) is 10.4. The molecule has 3 aromatic rings. The van der Waals surface area contributed by atoms with Crippen LogP contribution in [0.3, 0.4) is 0 Å². The van der Waals surface area contributed by atoms with Crippen molar-refractivity contribution in [2.75, 3.05) is 0 Å². The lowest BCUT2D eigenvalue weighted by atomic mass is 10.0. The lowest BCUT2D eigenvalue weighted by Crippen LogP contribution is -2.10. The number of fused-ring (bicyclic) bond motifs is 1. The van der Waals surface area contributed by atoms with Gasteiger partial charge in [0.05, 0.1) is 0 Å². The minimum absolute atomic E-state index is 0.428. The Morgan fingerprint density at radius 1 is 1.21 bits per heavy atom. The Morgan fingerprint density at radius 3 is 2.63 bits per heavy atom. The molecule has 0 fully saturated rings. The first-order valence-corrected chi connectivity index (χ1v) is 5.87. The quantitative estimate of drug-likeness (QED) is 0.755. The number of benzene rings is 1. The van der Waals surface area contributed by atoms with E-state index < -0.39 is 5.91 Å². The molecule has 0 atom stereocenters. The maximum atomic E-state index is 11.1. The standard InChI is InChI=1S/C14H12N4O/c1-9-16-14-12(3-2-8-18(14)17-9)10-4-6-11(7-5-10)13(15)19/h2-8H,1H3,(H2,15,19). The first-order chi connectivity index (χ1) is 9.15. The van der Waals surface area contributed by atoms with Gasteiger partial charge in [0.2, 0.25) is 5.91 Å². The number of hydrogen-bond donors (Lipinski definition) is 1. The predicted molar refractivity (Wildman–Crippen MR) is 71.7 cm³/mol. The normalized spacial score (nSPS) is 10.8. The Morgan fingerprint density at radius 2 is 1.95 bits per heavy atom. The van der Waals surface area contributed by atoms with Gasteiger partial charge in [-0.15, -0.1) is 0 Å². The van der Waals surface area contributed by atoms with Crippen LogP contribution in [0.4, 0.5) is 0 Å². The molecule has 0 radical (unpaired) electrons. The van der Waals surface area contributed by atoms with Gasteiger partial charge in [-0.25, -0.2) is 9.50 Å². The minimum atomic E-state index is -0.428. The molecule has 0 aliphatic heterocycles. The summed E-state index contributed by atoms with van der Waals surface area (Å²) < 4.78 is 1.74. The van der Waals surface area contributed by atoms with Gasteiger partial charge in [0, 0.05) is 17.3 Å². The molecule has 1 amide bonds. The van der Waals surface area contributed by atoms with Crippen LogP contribution in [0.25, 0.3) is 16.8 Å². The number of nitrogens with zero attached hydrogens (tertiary/aromatic N) is 3. The van der Waals surface area contributed by atoms with Gasteiger partial charge >= 0.3 is 0 Å². The SMILES string of the molecule is Cc1nc2c(-c3ccc(C(N)=O)cc3)cccn2n1. The molecular weight excluding hydrogens is 240 g/mol. The van der Waals surface area contributed by atoms with Crippen molar-refractivity contribution in [3.05, 3.63) is 54.0 Å². The van der Waals surface area contributed by atoms with E-state index in [2.05, 4.69) is 10.1 Å². The molecule has 0 aliphatic carbocycles. The van der Waals surface area contributed by atoms with Crippen LogP contribution in [0.15, 0.2) is 42.6 Å². The lowest BCUT2D eigenvalue weighted by Gasteiger charge is -2.03. The van der Waals surface area contributed by atoms with Crippen molar-refractivity contribution in [2.24, 2.45) is 5.73 Å². The molecule has 2 N–H and O–H groups in total. The molecule has 0 spiro atoms. The van der Waals surface area contributed by atoms with Crippen molar-refractivity contribution in [1.29, 1.82) is 0 Å². The third-order valence-corrected chi connectivity index (χ3v) is 2.95. The Kier molecular flexibility index (Phi) is 2.52. The van der Waals surface area contributed by atoms with Crippen molar-refractivity contribution < 1.29 is 4.79 Å². The summed E-state index contributed by atoms with van der Waals surface area (Å²) in [5, 5.41) is 4.28. The summed E-state index contributed by atoms with van der Waals surface area (Å²) in [7, 11) is 0. The lowest BCUT2D eigenvalue weighted by molar-refractivity contribution is 0.100. The van der Waals surface area contributed by atoms with Gasteiger partial charge in [0.15, 0.2) is 5.65 Å². The topological polar surface area (TPSA) is 73.3 Å². The van der Waals surface area contributed by atoms with Gasteiger partial charge in [-0.05, 0) is 36.8 Å². The van der Waals surface area contributed by atoms with E-state index in [1.165, 1.54) is 0 Å². The molecule has 19 heavy (non-hydrogen) atoms. The Labute approximate surface area is 109 Å². The van der Waals surface area contributed by atoms with Crippen molar-refractivity contribution in [3.8, 4) is 11.1 Å². The van der Waals surface area contributed by atoms with Crippen LogP contribution in [-0.4, -0.2) is 20.5 Å². The summed E-state index contributed by atoms with van der Waals surface area (Å²) in [6.45, 7) is 1.85. The van der Waals surface area contributed by atoms with E-state index in [0.717, 1.165) is 22.6 Å². The molecule has 0 saturated heterocycles. The number of carbonyl (C=O) groups is 1. The van der Waals surface area contributed by atoms with Crippen molar-refractivity contribution in [3.63, 3.8) is 0 Å². The Bertz CT molecular complexity index is 759. The van der Waals surface area contributed by atoms with Crippen molar-refractivity contribution >= 4 is 11.6 Å². The summed E-state index contributed by atoms with van der Waals surface area (Å²) in [4.78, 5) is 15.5. The fourth-order valence-corrected chi connectivity index (χ4v) is 2.05. The number of hydrogen-bond acceptors (Lipinski definition) is 3. The maximum Gasteiger partial charge on any atom is 0.248 e. The highest BCUT2D eigenvalue weighted by molar-refractivity contribution is 5.93. The highest BCUT2D eigenvalue weighted by Gasteiger charge is 2.08. The smallest absolute Gasteiger partial charge is 0.248 e. The van der Waals surface area contributed by atoms with Gasteiger partial charge in [0.1, 0.15) is 5.82 Å². The maximum absolute atomic E-state index is 11.1. The fourth-order valence-electron chi connectivity index (χ4n) is 2.05. The zero-order valence-electron chi connectivity index (χ0n) is 10.4. The van der Waals surface area contributed by atoms with E-state index in [0.29, 0.717) is 5.56 Å². The van der Waals surface area contributed by atoms with Gasteiger partial charge in [0.25, 0.3) is 0 Å². The molecule has 0 unspecified atom stereocenters. The average molecular weight is 252 g/mol. The van der Waals surface area contributed by atoms with Gasteiger partial charge in [-0.1, -0.05) is 12.1 Å². The van der Waals surface area contributed by atoms with Crippen LogP contribution in [0.5, 0.6) is 0 Å². The molecule has 3 rings (SSSR count). The third kappa shape index (κ3) is 1.95. The van der Waals surface area contributed by atoms with Crippen LogP contribution in [0.1, 0.15) is 16.2 Å². The number of carbonyl (C=O) groups excluding carboxylic acids is 1. The van der Waals surface area contributed by atoms with E-state index in [-0.39, 0.29) is 0 Å². The number of rotatable bonds is 2. The predicted octanol–water partition coefficient (Wildman–Crippen LogP) is 1.80. The van der Waals surface area contributed by atoms with E-state index in [1.54, 1.807) is 16.6 Å². The number of primary amides is 1. The third-order valence-electron chi connectivity index (χ3n) is 2.95. The van der Waals surface area contributed by atoms with Crippen LogP contribution in [0.2, 0.25) is 0 Å². The Balaban J connectivity index is 2.15. The first-order valence-electron chi connectivity index (χ1n) is 5.87. The van der Waals surface area contributed by atoms with E-state index >= 15 is 0 Å². The van der Waals surface area contributed by atoms with Gasteiger partial charge in [-0.3, -0.25) is 4.79 Å². The van der Waals surface area contributed by atoms with Gasteiger partial charge < -0.3 is 5.73 Å². The molecule has 0 saturated carbocycles. The van der Waals surface area contributed by atoms with E-state index in [1.807, 2.05) is 37.4 Å². The number of pyridine rings is 1. The highest BCUT2D eigenvalue weighted by Crippen LogP contribution is 2.23. The second kappa shape index (κ2) is 4.20. The second-order valence-corrected chi connectivity index (χ2v) is 4.29. The van der Waals surface area contributed by atoms with E-state index in [4.69, 9.17) is 5.73 Å². The zero-order chi connectivity index (χ0) is 13.4.